The first-order valence-corrected chi connectivity index (χ1v) is 2.51. The Morgan fingerprint density at radius 2 is 2.11 bits per heavy atom. The van der Waals surface area contributed by atoms with E-state index in [1.807, 2.05) is 0 Å². The topological polar surface area (TPSA) is 40.5 Å². The zero-order valence-electron chi connectivity index (χ0n) is 7.27. The molecule has 0 aliphatic rings. The van der Waals surface area contributed by atoms with Crippen LogP contribution in [0.2, 0.25) is 5.02 Å². The van der Waals surface area contributed by atoms with Crippen molar-refractivity contribution in [2.75, 3.05) is 0 Å². The minimum absolute atomic E-state index is 0.386. The number of benzene rings is 1. The molecule has 1 aromatic rings. The van der Waals surface area contributed by atoms with E-state index >= 15 is 0 Å². The van der Waals surface area contributed by atoms with Crippen LogP contribution in [0.5, 0.6) is 11.5 Å². The van der Waals surface area contributed by atoms with Crippen LogP contribution >= 0.6 is 11.6 Å². The van der Waals surface area contributed by atoms with Gasteiger partial charge in [0.05, 0.1) is 9.13 Å². The van der Waals surface area contributed by atoms with Crippen LogP contribution in [0.3, 0.4) is 0 Å². The molecule has 0 fully saturated rings. The molecule has 0 spiro atoms. The van der Waals surface area contributed by atoms with Gasteiger partial charge in [-0.1, -0.05) is 11.6 Å². The average molecular weight is 148 g/mol. The Kier molecular flexibility index (Phi) is 0.794. The Hall–Kier alpha value is -0.890. The van der Waals surface area contributed by atoms with E-state index in [1.165, 1.54) is 0 Å². The van der Waals surface area contributed by atoms with Gasteiger partial charge < -0.3 is 10.2 Å². The lowest BCUT2D eigenvalue weighted by atomic mass is 10.3. The van der Waals surface area contributed by atoms with Crippen LogP contribution < -0.4 is 0 Å². The van der Waals surface area contributed by atoms with E-state index < -0.39 is 29.6 Å². The second-order valence-corrected chi connectivity index (χ2v) is 1.76. The van der Waals surface area contributed by atoms with Gasteiger partial charge in [0, 0.05) is 6.04 Å². The first-order chi connectivity index (χ1) is 5.46. The maximum atomic E-state index is 9.01. The highest BCUT2D eigenvalue weighted by Crippen LogP contribution is 2.26. The van der Waals surface area contributed by atoms with E-state index in [0.717, 1.165) is 0 Å². The molecule has 48 valence electrons. The van der Waals surface area contributed by atoms with Crippen LogP contribution in [0.1, 0.15) is 4.11 Å². The molecule has 2 N–H and O–H groups in total. The predicted octanol–water partition coefficient (Wildman–Crippen LogP) is 1.75. The molecule has 2 nitrogen and oxygen atoms in total. The van der Waals surface area contributed by atoms with Crippen LogP contribution in [0.4, 0.5) is 0 Å². The van der Waals surface area contributed by atoms with E-state index in [-0.39, 0.29) is 5.02 Å². The van der Waals surface area contributed by atoms with Crippen molar-refractivity contribution in [2.45, 2.75) is 0 Å². The van der Waals surface area contributed by atoms with Crippen LogP contribution in [0.15, 0.2) is 18.1 Å². The molecule has 9 heavy (non-hydrogen) atoms. The van der Waals surface area contributed by atoms with Gasteiger partial charge in [-0.3, -0.25) is 0 Å². The number of hydrogen-bond donors (Lipinski definition) is 2. The Bertz CT molecular complexity index is 235. The normalized spacial score (nSPS) is 14.1. The predicted molar refractivity (Wildman–Crippen MR) is 34.8 cm³/mol. The number of hydrogen-bond acceptors (Lipinski definition) is 2. The first kappa shape index (κ1) is 3.32. The number of rotatable bonds is 0. The highest BCUT2D eigenvalue weighted by molar-refractivity contribution is 6.32. The minimum Gasteiger partial charge on any atom is -0.508 e. The summed E-state index contributed by atoms with van der Waals surface area (Å²) in [6, 6.07) is -1.66. The summed E-state index contributed by atoms with van der Waals surface area (Å²) in [7, 11) is 0. The van der Waals surface area contributed by atoms with Gasteiger partial charge in [-0.05, 0) is 12.1 Å². The minimum atomic E-state index is -0.734. The molecule has 0 saturated carbocycles. The second-order valence-electron chi connectivity index (χ2n) is 1.39. The molecule has 0 unspecified atom stereocenters. The fourth-order valence-corrected chi connectivity index (χ4v) is 0.466. The van der Waals surface area contributed by atoms with Gasteiger partial charge in [-0.25, -0.2) is 0 Å². The quantitative estimate of drug-likeness (QED) is 0.587. The van der Waals surface area contributed by atoms with Gasteiger partial charge in [0.1, 0.15) is 11.5 Å². The molecule has 0 aliphatic heterocycles. The van der Waals surface area contributed by atoms with Gasteiger partial charge in [-0.2, -0.15) is 0 Å². The highest BCUT2D eigenvalue weighted by atomic mass is 35.5. The Balaban J connectivity index is 3.60. The summed E-state index contributed by atoms with van der Waals surface area (Å²) < 4.78 is 21.2. The van der Waals surface area contributed by atoms with Crippen molar-refractivity contribution in [3.8, 4) is 11.5 Å². The molecule has 0 bridgehead atoms. The summed E-state index contributed by atoms with van der Waals surface area (Å²) in [5.74, 6) is -1.41. The van der Waals surface area contributed by atoms with Gasteiger partial charge in [0.25, 0.3) is 0 Å². The van der Waals surface area contributed by atoms with Crippen LogP contribution in [-0.4, -0.2) is 10.2 Å². The Morgan fingerprint density at radius 1 is 1.44 bits per heavy atom. The lowest BCUT2D eigenvalue weighted by Gasteiger charge is -1.94. The standard InChI is InChI=1S/C6H5ClO2/c7-5-2-1-4(8)3-6(5)9/h1-3,8-9H/i1D,2D,3D. The Morgan fingerprint density at radius 3 is 2.78 bits per heavy atom. The van der Waals surface area contributed by atoms with Crippen molar-refractivity contribution in [2.24, 2.45) is 0 Å². The molecule has 3 heteroatoms. The molecule has 0 amide bonds. The van der Waals surface area contributed by atoms with Crippen molar-refractivity contribution in [1.82, 2.24) is 0 Å². The number of phenols is 2. The molecule has 0 atom stereocenters. The molecule has 0 aromatic heterocycles. The molecule has 1 rings (SSSR count). The van der Waals surface area contributed by atoms with E-state index in [4.69, 9.17) is 25.9 Å². The number of aromatic hydroxyl groups is 2. The smallest absolute Gasteiger partial charge is 0.137 e. The van der Waals surface area contributed by atoms with Gasteiger partial charge in [0.15, 0.2) is 0 Å². The third-order valence-electron chi connectivity index (χ3n) is 0.735. The van der Waals surface area contributed by atoms with Gasteiger partial charge in [-0.15, -0.1) is 0 Å². The third kappa shape index (κ3) is 1.27. The fourth-order valence-electron chi connectivity index (χ4n) is 0.372. The Labute approximate surface area is 61.5 Å². The monoisotopic (exact) mass is 147 g/mol. The van der Waals surface area contributed by atoms with Crippen molar-refractivity contribution in [3.63, 3.8) is 0 Å². The largest absolute Gasteiger partial charge is 0.508 e. The lowest BCUT2D eigenvalue weighted by molar-refractivity contribution is 0.451. The van der Waals surface area contributed by atoms with Crippen LogP contribution in [-0.2, 0) is 0 Å². The summed E-state index contributed by atoms with van der Waals surface area (Å²) in [6.07, 6.45) is 0. The van der Waals surface area contributed by atoms with Crippen LogP contribution in [0.25, 0.3) is 0 Å². The van der Waals surface area contributed by atoms with E-state index in [9.17, 15) is 0 Å². The first-order valence-electron chi connectivity index (χ1n) is 3.64. The zero-order valence-corrected chi connectivity index (χ0v) is 5.03. The maximum absolute atomic E-state index is 9.01. The molecule has 0 radical (unpaired) electrons. The van der Waals surface area contributed by atoms with Gasteiger partial charge >= 0.3 is 0 Å². The fraction of sp³-hybridized carbons (Fsp3) is 0. The average Bonchev–Trinajstić information content (AvgIpc) is 2.08. The van der Waals surface area contributed by atoms with Crippen molar-refractivity contribution in [1.29, 1.82) is 0 Å². The zero-order chi connectivity index (χ0) is 9.46. The van der Waals surface area contributed by atoms with Crippen molar-refractivity contribution in [3.05, 3.63) is 23.1 Å². The number of phenolic OH excluding ortho intramolecular Hbond substituents is 2. The lowest BCUT2D eigenvalue weighted by Crippen LogP contribution is -1.66. The van der Waals surface area contributed by atoms with E-state index in [1.54, 1.807) is 0 Å². The molecule has 0 heterocycles. The highest BCUT2D eigenvalue weighted by Gasteiger charge is 1.95. The molecule has 0 aliphatic carbocycles. The van der Waals surface area contributed by atoms with Gasteiger partial charge in [0.2, 0.25) is 0 Å². The van der Waals surface area contributed by atoms with Crippen molar-refractivity contribution < 1.29 is 14.3 Å². The SMILES string of the molecule is [2H]c1c([2H])c(Cl)c(O)c([2H])c1O. The maximum Gasteiger partial charge on any atom is 0.137 e. The van der Waals surface area contributed by atoms with E-state index in [2.05, 4.69) is 0 Å². The molecule has 1 aromatic carbocycles. The molecular weight excluding hydrogens is 140 g/mol. The second kappa shape index (κ2) is 2.15. The van der Waals surface area contributed by atoms with Crippen molar-refractivity contribution >= 4 is 11.6 Å². The third-order valence-corrected chi connectivity index (χ3v) is 1.01. The number of halogens is 1. The van der Waals surface area contributed by atoms with Crippen LogP contribution in [0, 0.1) is 0 Å². The summed E-state index contributed by atoms with van der Waals surface area (Å²) in [5, 5.41) is 17.6. The summed E-state index contributed by atoms with van der Waals surface area (Å²) >= 11 is 5.37. The molecular formula is C6H5ClO2. The summed E-state index contributed by atoms with van der Waals surface area (Å²) in [6.45, 7) is 0. The van der Waals surface area contributed by atoms with E-state index in [0.29, 0.717) is 0 Å². The molecule has 0 saturated heterocycles. The summed E-state index contributed by atoms with van der Waals surface area (Å²) in [5.41, 5.74) is 0. The summed E-state index contributed by atoms with van der Waals surface area (Å²) in [4.78, 5) is 0.